The minimum absolute atomic E-state index is 0.0276. The molecule has 104 valence electrons. The molecule has 0 radical (unpaired) electrons. The number of hydrogen-bond acceptors (Lipinski definition) is 2. The number of nitrogens with zero attached hydrogens (tertiary/aromatic N) is 1. The molecule has 4 nitrogen and oxygen atoms in total. The standard InChI is InChI=1S/C15H15ClN2O2/c16-12-3-1-4-13(11-12)17-6-8-18(9-7-17)15(19)14-5-2-10-20-14/h1-5,10-11H,6-9H2/p+1. The van der Waals surface area contributed by atoms with Gasteiger partial charge in [-0.3, -0.25) is 9.69 Å². The third-order valence-corrected chi connectivity index (χ3v) is 3.85. The first kappa shape index (κ1) is 13.2. The van der Waals surface area contributed by atoms with Gasteiger partial charge in [-0.1, -0.05) is 17.7 Å². The number of hydrogen-bond donors (Lipinski definition) is 1. The van der Waals surface area contributed by atoms with Crippen LogP contribution in [0.15, 0.2) is 47.1 Å². The van der Waals surface area contributed by atoms with Crippen LogP contribution in [-0.2, 0) is 0 Å². The lowest BCUT2D eigenvalue weighted by Crippen LogP contribution is -3.10. The van der Waals surface area contributed by atoms with Gasteiger partial charge in [-0.25, -0.2) is 0 Å². The molecule has 0 atom stereocenters. The Morgan fingerprint density at radius 1 is 1.20 bits per heavy atom. The van der Waals surface area contributed by atoms with Crippen LogP contribution in [0.4, 0.5) is 5.69 Å². The second-order valence-corrected chi connectivity index (χ2v) is 5.32. The number of piperazine rings is 1. The first-order valence-electron chi connectivity index (χ1n) is 6.67. The van der Waals surface area contributed by atoms with Gasteiger partial charge in [-0.2, -0.15) is 0 Å². The topological polar surface area (TPSA) is 37.9 Å². The largest absolute Gasteiger partial charge is 0.459 e. The Labute approximate surface area is 122 Å². The van der Waals surface area contributed by atoms with Gasteiger partial charge < -0.3 is 9.32 Å². The van der Waals surface area contributed by atoms with Gasteiger partial charge in [-0.05, 0) is 24.3 Å². The van der Waals surface area contributed by atoms with E-state index in [2.05, 4.69) is 6.07 Å². The number of furan rings is 1. The molecule has 5 heteroatoms. The first-order chi connectivity index (χ1) is 9.74. The Bertz CT molecular complexity index is 590. The van der Waals surface area contributed by atoms with Crippen LogP contribution in [-0.4, -0.2) is 37.0 Å². The molecule has 3 rings (SSSR count). The van der Waals surface area contributed by atoms with E-state index in [4.69, 9.17) is 16.0 Å². The van der Waals surface area contributed by atoms with Gasteiger partial charge in [0.1, 0.15) is 5.69 Å². The highest BCUT2D eigenvalue weighted by Gasteiger charge is 2.26. The Balaban J connectivity index is 1.64. The molecule has 1 aliphatic heterocycles. The minimum atomic E-state index is -0.0276. The second-order valence-electron chi connectivity index (χ2n) is 4.88. The molecule has 20 heavy (non-hydrogen) atoms. The van der Waals surface area contributed by atoms with Gasteiger partial charge in [0.2, 0.25) is 0 Å². The fourth-order valence-corrected chi connectivity index (χ4v) is 2.72. The second kappa shape index (κ2) is 5.69. The summed E-state index contributed by atoms with van der Waals surface area (Å²) in [5, 5.41) is 0.754. The van der Waals surface area contributed by atoms with E-state index >= 15 is 0 Å². The fraction of sp³-hybridized carbons (Fsp3) is 0.267. The molecule has 2 aromatic rings. The van der Waals surface area contributed by atoms with Crippen LogP contribution in [0.2, 0.25) is 5.02 Å². The van der Waals surface area contributed by atoms with E-state index in [1.165, 1.54) is 16.9 Å². The number of nitrogens with one attached hydrogen (secondary N) is 1. The van der Waals surface area contributed by atoms with Crippen molar-refractivity contribution in [1.29, 1.82) is 0 Å². The summed E-state index contributed by atoms with van der Waals surface area (Å²) in [5.41, 5.74) is 1.18. The maximum Gasteiger partial charge on any atom is 0.289 e. The monoisotopic (exact) mass is 291 g/mol. The molecule has 0 aliphatic carbocycles. The van der Waals surface area contributed by atoms with E-state index in [-0.39, 0.29) is 5.91 Å². The highest BCUT2D eigenvalue weighted by atomic mass is 35.5. The number of quaternary nitrogens is 1. The number of rotatable bonds is 2. The third kappa shape index (κ3) is 2.71. The van der Waals surface area contributed by atoms with Crippen LogP contribution >= 0.6 is 11.6 Å². The van der Waals surface area contributed by atoms with Crippen molar-refractivity contribution in [3.8, 4) is 0 Å². The molecular formula is C15H16ClN2O2+. The lowest BCUT2D eigenvalue weighted by Gasteiger charge is -2.31. The van der Waals surface area contributed by atoms with Gasteiger partial charge in [0.25, 0.3) is 5.91 Å². The summed E-state index contributed by atoms with van der Waals surface area (Å²) in [4.78, 5) is 15.4. The van der Waals surface area contributed by atoms with Crippen molar-refractivity contribution in [2.24, 2.45) is 0 Å². The van der Waals surface area contributed by atoms with E-state index in [1.54, 1.807) is 12.1 Å². The van der Waals surface area contributed by atoms with Crippen molar-refractivity contribution in [2.45, 2.75) is 0 Å². The average molecular weight is 292 g/mol. The molecular weight excluding hydrogens is 276 g/mol. The number of benzene rings is 1. The van der Waals surface area contributed by atoms with Crippen LogP contribution < -0.4 is 4.90 Å². The minimum Gasteiger partial charge on any atom is -0.459 e. The van der Waals surface area contributed by atoms with Crippen molar-refractivity contribution in [2.75, 3.05) is 26.2 Å². The van der Waals surface area contributed by atoms with E-state index in [0.29, 0.717) is 5.76 Å². The Morgan fingerprint density at radius 2 is 2.00 bits per heavy atom. The van der Waals surface area contributed by atoms with Crippen LogP contribution in [0.5, 0.6) is 0 Å². The van der Waals surface area contributed by atoms with Crippen LogP contribution in [0.1, 0.15) is 10.6 Å². The molecule has 1 saturated heterocycles. The molecule has 1 aliphatic rings. The lowest BCUT2D eigenvalue weighted by molar-refractivity contribution is -0.837. The number of carbonyl (C=O) groups is 1. The molecule has 2 heterocycles. The third-order valence-electron chi connectivity index (χ3n) is 3.62. The molecule has 1 fully saturated rings. The molecule has 1 N–H and O–H groups in total. The summed E-state index contributed by atoms with van der Waals surface area (Å²) in [7, 11) is 0. The van der Waals surface area contributed by atoms with E-state index < -0.39 is 0 Å². The lowest BCUT2D eigenvalue weighted by atomic mass is 10.2. The predicted molar refractivity (Wildman–Crippen MR) is 76.4 cm³/mol. The normalized spacial score (nSPS) is 16.4. The van der Waals surface area contributed by atoms with E-state index in [9.17, 15) is 4.79 Å². The van der Waals surface area contributed by atoms with Crippen molar-refractivity contribution in [3.05, 3.63) is 53.4 Å². The SMILES string of the molecule is O=C(c1ccco1)N1CC[NH+](c2cccc(Cl)c2)CC1. The van der Waals surface area contributed by atoms with Crippen LogP contribution in [0.3, 0.4) is 0 Å². The molecule has 1 aromatic heterocycles. The zero-order valence-corrected chi connectivity index (χ0v) is 11.8. The summed E-state index contributed by atoms with van der Waals surface area (Å²) >= 11 is 6.02. The fourth-order valence-electron chi connectivity index (χ4n) is 2.53. The zero-order chi connectivity index (χ0) is 13.9. The molecule has 0 saturated carbocycles. The van der Waals surface area contributed by atoms with Crippen LogP contribution in [0, 0.1) is 0 Å². The van der Waals surface area contributed by atoms with Gasteiger partial charge in [0.15, 0.2) is 5.76 Å². The first-order valence-corrected chi connectivity index (χ1v) is 7.05. The maximum atomic E-state index is 12.2. The highest BCUT2D eigenvalue weighted by molar-refractivity contribution is 6.30. The molecule has 1 amide bonds. The maximum absolute atomic E-state index is 12.2. The summed E-state index contributed by atoms with van der Waals surface area (Å²) in [5.74, 6) is 0.386. The molecule has 0 bridgehead atoms. The van der Waals surface area contributed by atoms with Crippen LogP contribution in [0.25, 0.3) is 0 Å². The predicted octanol–water partition coefficient (Wildman–Crippen LogP) is 1.61. The quantitative estimate of drug-likeness (QED) is 0.913. The summed E-state index contributed by atoms with van der Waals surface area (Å²) in [6.07, 6.45) is 1.53. The van der Waals surface area contributed by atoms with Crippen molar-refractivity contribution < 1.29 is 14.1 Å². The van der Waals surface area contributed by atoms with Crippen molar-refractivity contribution in [3.63, 3.8) is 0 Å². The number of amides is 1. The number of carbonyl (C=O) groups excluding carboxylic acids is 1. The van der Waals surface area contributed by atoms with E-state index in [1.807, 2.05) is 23.1 Å². The Hall–Kier alpha value is -1.78. The molecule has 1 aromatic carbocycles. The zero-order valence-electron chi connectivity index (χ0n) is 11.0. The average Bonchev–Trinajstić information content (AvgIpc) is 3.01. The highest BCUT2D eigenvalue weighted by Crippen LogP contribution is 2.12. The van der Waals surface area contributed by atoms with Crippen molar-refractivity contribution >= 4 is 23.2 Å². The Morgan fingerprint density at radius 3 is 2.65 bits per heavy atom. The van der Waals surface area contributed by atoms with Gasteiger partial charge in [0, 0.05) is 11.1 Å². The van der Waals surface area contributed by atoms with Gasteiger partial charge in [0.05, 0.1) is 32.4 Å². The van der Waals surface area contributed by atoms with Gasteiger partial charge >= 0.3 is 0 Å². The summed E-state index contributed by atoms with van der Waals surface area (Å²) in [6, 6.07) is 11.3. The number of halogens is 1. The molecule has 0 spiro atoms. The summed E-state index contributed by atoms with van der Waals surface area (Å²) < 4.78 is 5.16. The van der Waals surface area contributed by atoms with E-state index in [0.717, 1.165) is 31.2 Å². The molecule has 0 unspecified atom stereocenters. The van der Waals surface area contributed by atoms with Gasteiger partial charge in [-0.15, -0.1) is 0 Å². The Kier molecular flexibility index (Phi) is 3.76. The smallest absolute Gasteiger partial charge is 0.289 e. The summed E-state index contributed by atoms with van der Waals surface area (Å²) in [6.45, 7) is 3.21. The van der Waals surface area contributed by atoms with Crippen molar-refractivity contribution in [1.82, 2.24) is 4.90 Å².